The molecule has 0 saturated carbocycles. The first-order valence-electron chi connectivity index (χ1n) is 7.88. The summed E-state index contributed by atoms with van der Waals surface area (Å²) in [6.45, 7) is 7.41. The van der Waals surface area contributed by atoms with Crippen LogP contribution in [0.25, 0.3) is 0 Å². The molecule has 24 heavy (non-hydrogen) atoms. The quantitative estimate of drug-likeness (QED) is 0.555. The summed E-state index contributed by atoms with van der Waals surface area (Å²) in [5.74, 6) is 0.467. The zero-order valence-electron chi connectivity index (χ0n) is 14.2. The Bertz CT molecular complexity index is 696. The van der Waals surface area contributed by atoms with Crippen molar-refractivity contribution in [1.29, 1.82) is 0 Å². The fraction of sp³-hybridized carbons (Fsp3) is 0.353. The summed E-state index contributed by atoms with van der Waals surface area (Å²) in [6.07, 6.45) is 0. The first kappa shape index (κ1) is 17.9. The van der Waals surface area contributed by atoms with Crippen LogP contribution in [-0.4, -0.2) is 29.9 Å². The highest BCUT2D eigenvalue weighted by atomic mass is 32.1. The van der Waals surface area contributed by atoms with E-state index in [4.69, 9.17) is 0 Å². The second-order valence-electron chi connectivity index (χ2n) is 5.20. The molecular weight excluding hydrogens is 322 g/mol. The highest BCUT2D eigenvalue weighted by Gasteiger charge is 2.07. The van der Waals surface area contributed by atoms with Crippen LogP contribution >= 0.6 is 11.3 Å². The fourth-order valence-electron chi connectivity index (χ4n) is 2.12. The molecule has 0 unspecified atom stereocenters. The van der Waals surface area contributed by atoms with Gasteiger partial charge in [-0.1, -0.05) is 18.2 Å². The monoisotopic (exact) mass is 345 g/mol. The molecule has 0 bridgehead atoms. The third-order valence-corrected chi connectivity index (χ3v) is 4.27. The Morgan fingerprint density at radius 2 is 1.96 bits per heavy atom. The highest BCUT2D eigenvalue weighted by Crippen LogP contribution is 2.16. The van der Waals surface area contributed by atoms with Crippen LogP contribution in [-0.2, 0) is 11.3 Å². The van der Waals surface area contributed by atoms with Gasteiger partial charge in [-0.15, -0.1) is 11.3 Å². The third kappa shape index (κ3) is 5.66. The van der Waals surface area contributed by atoms with Crippen molar-refractivity contribution in [2.24, 2.45) is 4.99 Å². The van der Waals surface area contributed by atoms with E-state index < -0.39 is 0 Å². The molecule has 0 atom stereocenters. The average molecular weight is 345 g/mol. The Morgan fingerprint density at radius 1 is 1.21 bits per heavy atom. The van der Waals surface area contributed by atoms with Crippen molar-refractivity contribution in [2.75, 3.05) is 18.4 Å². The molecule has 0 spiro atoms. The van der Waals surface area contributed by atoms with Crippen molar-refractivity contribution >= 4 is 28.9 Å². The number of hydrogen-bond donors (Lipinski definition) is 3. The average Bonchev–Trinajstić information content (AvgIpc) is 2.88. The van der Waals surface area contributed by atoms with Gasteiger partial charge in [-0.05, 0) is 32.9 Å². The SMILES string of the molecule is CCNC(=NCC(=O)Nc1ccccc1)NCc1sc(C)nc1C. The number of anilines is 1. The molecule has 0 radical (unpaired) electrons. The number of carbonyl (C=O) groups is 1. The Balaban J connectivity index is 1.90. The summed E-state index contributed by atoms with van der Waals surface area (Å²) in [4.78, 5) is 21.9. The molecule has 0 saturated heterocycles. The molecule has 128 valence electrons. The number of thiazole rings is 1. The molecule has 7 heteroatoms. The lowest BCUT2D eigenvalue weighted by molar-refractivity contribution is -0.114. The van der Waals surface area contributed by atoms with Crippen molar-refractivity contribution in [3.63, 3.8) is 0 Å². The minimum absolute atomic E-state index is 0.0604. The van der Waals surface area contributed by atoms with E-state index in [0.29, 0.717) is 12.5 Å². The van der Waals surface area contributed by atoms with Crippen molar-refractivity contribution in [1.82, 2.24) is 15.6 Å². The molecule has 0 aliphatic carbocycles. The van der Waals surface area contributed by atoms with E-state index in [1.807, 2.05) is 51.1 Å². The minimum atomic E-state index is -0.150. The van der Waals surface area contributed by atoms with Gasteiger partial charge < -0.3 is 16.0 Å². The van der Waals surface area contributed by atoms with E-state index in [-0.39, 0.29) is 12.5 Å². The van der Waals surface area contributed by atoms with Crippen LogP contribution in [0.3, 0.4) is 0 Å². The van der Waals surface area contributed by atoms with E-state index in [1.165, 1.54) is 4.88 Å². The van der Waals surface area contributed by atoms with E-state index >= 15 is 0 Å². The zero-order chi connectivity index (χ0) is 17.4. The second-order valence-corrected chi connectivity index (χ2v) is 6.49. The molecule has 1 aromatic carbocycles. The minimum Gasteiger partial charge on any atom is -0.357 e. The van der Waals surface area contributed by atoms with E-state index in [1.54, 1.807) is 11.3 Å². The summed E-state index contributed by atoms with van der Waals surface area (Å²) in [6, 6.07) is 9.36. The number of hydrogen-bond acceptors (Lipinski definition) is 4. The zero-order valence-corrected chi connectivity index (χ0v) is 15.0. The second kappa shape index (κ2) is 9.02. The molecule has 3 N–H and O–H groups in total. The molecular formula is C17H23N5OS. The summed E-state index contributed by atoms with van der Waals surface area (Å²) in [5, 5.41) is 10.2. The predicted molar refractivity (Wildman–Crippen MR) is 99.5 cm³/mol. The summed E-state index contributed by atoms with van der Waals surface area (Å²) in [5.41, 5.74) is 1.80. The number of aliphatic imine (C=N–C) groups is 1. The van der Waals surface area contributed by atoms with Gasteiger partial charge in [-0.25, -0.2) is 9.98 Å². The van der Waals surface area contributed by atoms with Crippen LogP contribution in [0.1, 0.15) is 22.5 Å². The topological polar surface area (TPSA) is 78.4 Å². The van der Waals surface area contributed by atoms with Gasteiger partial charge in [0.25, 0.3) is 0 Å². The van der Waals surface area contributed by atoms with Gasteiger partial charge in [0.1, 0.15) is 6.54 Å². The molecule has 0 aliphatic rings. The maximum atomic E-state index is 12.0. The van der Waals surface area contributed by atoms with Crippen molar-refractivity contribution in [3.05, 3.63) is 45.9 Å². The molecule has 1 amide bonds. The number of nitrogens with one attached hydrogen (secondary N) is 3. The van der Waals surface area contributed by atoms with E-state index in [2.05, 4.69) is 25.9 Å². The summed E-state index contributed by atoms with van der Waals surface area (Å²) < 4.78 is 0. The Labute approximate surface area is 146 Å². The molecule has 0 fully saturated rings. The van der Waals surface area contributed by atoms with Gasteiger partial charge in [-0.2, -0.15) is 0 Å². The van der Waals surface area contributed by atoms with Crippen LogP contribution in [0, 0.1) is 13.8 Å². The number of nitrogens with zero attached hydrogens (tertiary/aromatic N) is 2. The smallest absolute Gasteiger partial charge is 0.246 e. The normalized spacial score (nSPS) is 11.2. The number of benzene rings is 1. The Hall–Kier alpha value is -2.41. The maximum absolute atomic E-state index is 12.0. The fourth-order valence-corrected chi connectivity index (χ4v) is 2.99. The van der Waals surface area contributed by atoms with Gasteiger partial charge in [-0.3, -0.25) is 4.79 Å². The lowest BCUT2D eigenvalue weighted by Gasteiger charge is -2.11. The lowest BCUT2D eigenvalue weighted by atomic mass is 10.3. The van der Waals surface area contributed by atoms with Gasteiger partial charge in [0.2, 0.25) is 5.91 Å². The summed E-state index contributed by atoms with van der Waals surface area (Å²) in [7, 11) is 0. The first-order valence-corrected chi connectivity index (χ1v) is 8.70. The van der Waals surface area contributed by atoms with Crippen LogP contribution in [0.15, 0.2) is 35.3 Å². The number of carbonyl (C=O) groups excluding carboxylic acids is 1. The number of para-hydroxylation sites is 1. The molecule has 2 rings (SSSR count). The standard InChI is InChI=1S/C17H23N5OS/c1-4-18-17(19-10-15-12(2)21-13(3)24-15)20-11-16(23)22-14-8-6-5-7-9-14/h5-9H,4,10-11H2,1-3H3,(H,22,23)(H2,18,19,20). The van der Waals surface area contributed by atoms with Crippen molar-refractivity contribution < 1.29 is 4.79 Å². The van der Waals surface area contributed by atoms with Gasteiger partial charge >= 0.3 is 0 Å². The highest BCUT2D eigenvalue weighted by molar-refractivity contribution is 7.11. The van der Waals surface area contributed by atoms with Crippen molar-refractivity contribution in [2.45, 2.75) is 27.3 Å². The maximum Gasteiger partial charge on any atom is 0.246 e. The molecule has 0 aliphatic heterocycles. The Morgan fingerprint density at radius 3 is 2.58 bits per heavy atom. The van der Waals surface area contributed by atoms with Gasteiger partial charge in [0, 0.05) is 17.1 Å². The van der Waals surface area contributed by atoms with Crippen LogP contribution in [0.5, 0.6) is 0 Å². The summed E-state index contributed by atoms with van der Waals surface area (Å²) >= 11 is 1.66. The van der Waals surface area contributed by atoms with Crippen molar-refractivity contribution in [3.8, 4) is 0 Å². The van der Waals surface area contributed by atoms with Gasteiger partial charge in [0.05, 0.1) is 17.2 Å². The van der Waals surface area contributed by atoms with E-state index in [9.17, 15) is 4.79 Å². The lowest BCUT2D eigenvalue weighted by Crippen LogP contribution is -2.37. The van der Waals surface area contributed by atoms with Gasteiger partial charge in [0.15, 0.2) is 5.96 Å². The predicted octanol–water partition coefficient (Wildman–Crippen LogP) is 2.45. The third-order valence-electron chi connectivity index (χ3n) is 3.20. The largest absolute Gasteiger partial charge is 0.357 e. The molecule has 1 heterocycles. The van der Waals surface area contributed by atoms with Crippen LogP contribution in [0.2, 0.25) is 0 Å². The Kier molecular flexibility index (Phi) is 6.74. The number of amides is 1. The molecule has 6 nitrogen and oxygen atoms in total. The molecule has 2 aromatic rings. The van der Waals surface area contributed by atoms with Crippen LogP contribution in [0.4, 0.5) is 5.69 Å². The number of aromatic nitrogens is 1. The van der Waals surface area contributed by atoms with Crippen LogP contribution < -0.4 is 16.0 Å². The number of aryl methyl sites for hydroxylation is 2. The number of rotatable bonds is 6. The molecule has 1 aromatic heterocycles. The first-order chi connectivity index (χ1) is 11.6. The van der Waals surface area contributed by atoms with E-state index in [0.717, 1.165) is 22.9 Å². The number of guanidine groups is 1.